The molecule has 2 rings (SSSR count). The smallest absolute Gasteiger partial charge is 0.248 e. The van der Waals surface area contributed by atoms with Gasteiger partial charge in [0, 0.05) is 42.1 Å². The summed E-state index contributed by atoms with van der Waals surface area (Å²) in [5.41, 5.74) is 1.89. The number of hydrogen-bond acceptors (Lipinski definition) is 3. The fourth-order valence-corrected chi connectivity index (χ4v) is 2.19. The minimum absolute atomic E-state index is 0.0477. The van der Waals surface area contributed by atoms with Gasteiger partial charge in [-0.15, -0.1) is 0 Å². The summed E-state index contributed by atoms with van der Waals surface area (Å²) in [5.74, 6) is 0. The summed E-state index contributed by atoms with van der Waals surface area (Å²) in [4.78, 5) is 14.5. The largest absolute Gasteiger partial charge is 0.322 e. The van der Waals surface area contributed by atoms with Crippen LogP contribution in [0.1, 0.15) is 26.3 Å². The van der Waals surface area contributed by atoms with Crippen LogP contribution in [-0.2, 0) is 6.54 Å². The van der Waals surface area contributed by atoms with Crippen molar-refractivity contribution in [3.8, 4) is 0 Å². The number of nitrogens with one attached hydrogen (secondary N) is 3. The molecule has 0 radical (unpaired) electrons. The molecule has 0 aliphatic rings. The number of H-pyrrole nitrogens is 1. The van der Waals surface area contributed by atoms with Crippen molar-refractivity contribution in [3.63, 3.8) is 0 Å². The Morgan fingerprint density at radius 2 is 1.90 bits per heavy atom. The summed E-state index contributed by atoms with van der Waals surface area (Å²) < 4.78 is 0. The lowest BCUT2D eigenvalue weighted by Gasteiger charge is -2.17. The van der Waals surface area contributed by atoms with Crippen LogP contribution < -0.4 is 16.2 Å². The molecule has 4 nitrogen and oxygen atoms in total. The summed E-state index contributed by atoms with van der Waals surface area (Å²) >= 11 is 0. The number of fused-ring (bicyclic) bond motifs is 1. The van der Waals surface area contributed by atoms with Gasteiger partial charge in [0.1, 0.15) is 0 Å². The second kappa shape index (κ2) is 6.68. The van der Waals surface area contributed by atoms with Crippen molar-refractivity contribution in [1.29, 1.82) is 0 Å². The molecule has 1 atom stereocenters. The highest BCUT2D eigenvalue weighted by Gasteiger charge is 2.06. The van der Waals surface area contributed by atoms with E-state index in [2.05, 4.69) is 36.4 Å². The first kappa shape index (κ1) is 14.8. The second-order valence-electron chi connectivity index (χ2n) is 5.55. The van der Waals surface area contributed by atoms with Gasteiger partial charge < -0.3 is 15.6 Å². The first-order chi connectivity index (χ1) is 9.56. The molecule has 2 aromatic rings. The first-order valence-corrected chi connectivity index (χ1v) is 7.14. The lowest BCUT2D eigenvalue weighted by molar-refractivity contribution is 0.474. The van der Waals surface area contributed by atoms with Crippen LogP contribution in [0.5, 0.6) is 0 Å². The number of aromatic amines is 1. The molecule has 3 N–H and O–H groups in total. The molecular weight excluding hydrogens is 250 g/mol. The molecular formula is C16H23N3O. The van der Waals surface area contributed by atoms with E-state index in [0.29, 0.717) is 18.6 Å². The van der Waals surface area contributed by atoms with Crippen LogP contribution in [-0.4, -0.2) is 23.6 Å². The van der Waals surface area contributed by atoms with Gasteiger partial charge >= 0.3 is 0 Å². The first-order valence-electron chi connectivity index (χ1n) is 7.14. The average Bonchev–Trinajstić information content (AvgIpc) is 2.42. The minimum Gasteiger partial charge on any atom is -0.322 e. The minimum atomic E-state index is -0.0477. The average molecular weight is 273 g/mol. The van der Waals surface area contributed by atoms with Gasteiger partial charge in [-0.3, -0.25) is 4.79 Å². The summed E-state index contributed by atoms with van der Waals surface area (Å²) in [7, 11) is 0. The third-order valence-electron chi connectivity index (χ3n) is 3.31. The molecule has 1 heterocycles. The maximum Gasteiger partial charge on any atom is 0.248 e. The zero-order chi connectivity index (χ0) is 14.5. The van der Waals surface area contributed by atoms with Crippen LogP contribution in [0.4, 0.5) is 0 Å². The molecule has 108 valence electrons. The Morgan fingerprint density at radius 3 is 2.65 bits per heavy atom. The van der Waals surface area contributed by atoms with E-state index in [-0.39, 0.29) is 5.56 Å². The number of hydrogen-bond donors (Lipinski definition) is 3. The zero-order valence-electron chi connectivity index (χ0n) is 12.4. The quantitative estimate of drug-likeness (QED) is 0.754. The molecule has 0 spiro atoms. The van der Waals surface area contributed by atoms with Gasteiger partial charge in [0.2, 0.25) is 5.56 Å². The predicted octanol–water partition coefficient (Wildman–Crippen LogP) is 2.00. The van der Waals surface area contributed by atoms with E-state index >= 15 is 0 Å². The molecule has 1 unspecified atom stereocenters. The Hall–Kier alpha value is -1.65. The number of rotatable bonds is 6. The van der Waals surface area contributed by atoms with Gasteiger partial charge in [-0.05, 0) is 18.6 Å². The fourth-order valence-electron chi connectivity index (χ4n) is 2.19. The Bertz CT molecular complexity index is 618. The van der Waals surface area contributed by atoms with Crippen LogP contribution in [0.2, 0.25) is 0 Å². The molecule has 1 aromatic carbocycles. The molecule has 0 amide bonds. The number of aromatic nitrogens is 1. The highest BCUT2D eigenvalue weighted by molar-refractivity contribution is 5.81. The summed E-state index contributed by atoms with van der Waals surface area (Å²) in [5, 5.41) is 7.96. The van der Waals surface area contributed by atoms with Gasteiger partial charge in [0.15, 0.2) is 0 Å². The van der Waals surface area contributed by atoms with E-state index in [1.165, 1.54) is 0 Å². The Morgan fingerprint density at radius 1 is 1.15 bits per heavy atom. The highest BCUT2D eigenvalue weighted by Crippen LogP contribution is 2.14. The van der Waals surface area contributed by atoms with Gasteiger partial charge in [0.05, 0.1) is 0 Å². The Kier molecular flexibility index (Phi) is 4.93. The van der Waals surface area contributed by atoms with Crippen molar-refractivity contribution in [2.24, 2.45) is 0 Å². The van der Waals surface area contributed by atoms with Crippen molar-refractivity contribution in [1.82, 2.24) is 15.6 Å². The highest BCUT2D eigenvalue weighted by atomic mass is 16.1. The van der Waals surface area contributed by atoms with Crippen LogP contribution in [0.15, 0.2) is 35.1 Å². The van der Waals surface area contributed by atoms with E-state index in [9.17, 15) is 4.79 Å². The standard InChI is InChI=1S/C16H23N3O/c1-11(2)17-9-12(3)18-10-13-8-16(20)19-15-7-5-4-6-14(13)15/h4-8,11-12,17-18H,9-10H2,1-3H3,(H,19,20). The van der Waals surface area contributed by atoms with Crippen molar-refractivity contribution < 1.29 is 0 Å². The summed E-state index contributed by atoms with van der Waals surface area (Å²) in [6.45, 7) is 8.03. The lowest BCUT2D eigenvalue weighted by Crippen LogP contribution is -2.38. The molecule has 0 saturated carbocycles. The Labute approximate surface area is 119 Å². The SMILES string of the molecule is CC(C)NCC(C)NCc1cc(=O)[nH]c2ccccc12. The van der Waals surface area contributed by atoms with Gasteiger partial charge in [-0.1, -0.05) is 32.0 Å². The maximum absolute atomic E-state index is 11.7. The van der Waals surface area contributed by atoms with E-state index in [1.807, 2.05) is 24.3 Å². The van der Waals surface area contributed by atoms with Crippen molar-refractivity contribution in [2.75, 3.05) is 6.54 Å². The molecule has 20 heavy (non-hydrogen) atoms. The van der Waals surface area contributed by atoms with Gasteiger partial charge in [0.25, 0.3) is 0 Å². The molecule has 0 fully saturated rings. The van der Waals surface area contributed by atoms with Crippen molar-refractivity contribution in [3.05, 3.63) is 46.2 Å². The molecule has 1 aromatic heterocycles. The third-order valence-corrected chi connectivity index (χ3v) is 3.31. The van der Waals surface area contributed by atoms with E-state index in [1.54, 1.807) is 6.07 Å². The van der Waals surface area contributed by atoms with E-state index < -0.39 is 0 Å². The van der Waals surface area contributed by atoms with Gasteiger partial charge in [-0.2, -0.15) is 0 Å². The number of benzene rings is 1. The van der Waals surface area contributed by atoms with Crippen molar-refractivity contribution in [2.45, 2.75) is 39.4 Å². The summed E-state index contributed by atoms with van der Waals surface area (Å²) in [6, 6.07) is 10.4. The molecule has 4 heteroatoms. The van der Waals surface area contributed by atoms with Crippen LogP contribution in [0.3, 0.4) is 0 Å². The summed E-state index contributed by atoms with van der Waals surface area (Å²) in [6.07, 6.45) is 0. The molecule has 0 aliphatic carbocycles. The maximum atomic E-state index is 11.7. The topological polar surface area (TPSA) is 56.9 Å². The van der Waals surface area contributed by atoms with E-state index in [4.69, 9.17) is 0 Å². The lowest BCUT2D eigenvalue weighted by atomic mass is 10.1. The second-order valence-corrected chi connectivity index (χ2v) is 5.55. The zero-order valence-corrected chi connectivity index (χ0v) is 12.4. The van der Waals surface area contributed by atoms with Crippen LogP contribution in [0, 0.1) is 0 Å². The third kappa shape index (κ3) is 3.92. The van der Waals surface area contributed by atoms with Crippen LogP contribution in [0.25, 0.3) is 10.9 Å². The number of pyridine rings is 1. The van der Waals surface area contributed by atoms with Crippen molar-refractivity contribution >= 4 is 10.9 Å². The fraction of sp³-hybridized carbons (Fsp3) is 0.438. The van der Waals surface area contributed by atoms with Crippen LogP contribution >= 0.6 is 0 Å². The molecule has 0 aliphatic heterocycles. The molecule has 0 bridgehead atoms. The van der Waals surface area contributed by atoms with Gasteiger partial charge in [-0.25, -0.2) is 0 Å². The normalized spacial score (nSPS) is 13.0. The monoisotopic (exact) mass is 273 g/mol. The predicted molar refractivity (Wildman–Crippen MR) is 84.0 cm³/mol. The molecule has 0 saturated heterocycles. The Balaban J connectivity index is 2.08. The van der Waals surface area contributed by atoms with E-state index in [0.717, 1.165) is 23.0 Å². The number of para-hydroxylation sites is 1.